The van der Waals surface area contributed by atoms with Gasteiger partial charge in [0.25, 0.3) is 0 Å². The van der Waals surface area contributed by atoms with Crippen molar-refractivity contribution < 1.29 is 4.74 Å². The van der Waals surface area contributed by atoms with Gasteiger partial charge in [-0.15, -0.1) is 0 Å². The second-order valence-electron chi connectivity index (χ2n) is 11.8. The van der Waals surface area contributed by atoms with Gasteiger partial charge in [-0.05, 0) is 107 Å². The van der Waals surface area contributed by atoms with E-state index < -0.39 is 0 Å². The molecule has 0 saturated heterocycles. The molecule has 1 aliphatic rings. The molecule has 2 heteroatoms. The predicted molar refractivity (Wildman–Crippen MR) is 190 cm³/mol. The average molecular weight is 576 g/mol. The first-order valence-corrected chi connectivity index (χ1v) is 15.6. The van der Waals surface area contributed by atoms with Crippen molar-refractivity contribution in [3.8, 4) is 33.4 Å². The molecule has 8 aromatic carbocycles. The number of aliphatic imine (C=N–C) groups is 1. The lowest BCUT2D eigenvalue weighted by Gasteiger charge is -2.19. The van der Waals surface area contributed by atoms with Gasteiger partial charge in [0.1, 0.15) is 6.61 Å². The standard InChI is InChI=1S/C43H29NO/c1-3-9-32-25-35(19-15-28(32)7-1)41-37-11-5-6-12-38(37)42(36-20-16-29-8-2-4-10-33(29)26-36)40-27-34(21-22-39(40)41)30-13-17-31(18-14-30)43-44-23-24-45-43/h1-22,25-27H,23-24H2. The molecule has 1 aliphatic heterocycles. The maximum atomic E-state index is 5.71. The van der Waals surface area contributed by atoms with Gasteiger partial charge in [-0.2, -0.15) is 0 Å². The molecule has 0 aromatic heterocycles. The van der Waals surface area contributed by atoms with E-state index >= 15 is 0 Å². The number of benzene rings is 8. The molecule has 0 saturated carbocycles. The summed E-state index contributed by atoms with van der Waals surface area (Å²) in [7, 11) is 0. The molecule has 0 aliphatic carbocycles. The first-order chi connectivity index (χ1) is 22.3. The Hall–Kier alpha value is -5.73. The Morgan fingerprint density at radius 2 is 0.867 bits per heavy atom. The minimum atomic E-state index is 0.660. The highest BCUT2D eigenvalue weighted by molar-refractivity contribution is 6.22. The lowest BCUT2D eigenvalue weighted by atomic mass is 9.84. The molecule has 0 bridgehead atoms. The lowest BCUT2D eigenvalue weighted by molar-refractivity contribution is 0.348. The Kier molecular flexibility index (Phi) is 5.99. The fraction of sp³-hybridized carbons (Fsp3) is 0.0465. The molecule has 0 unspecified atom stereocenters. The second kappa shape index (κ2) is 10.5. The summed E-state index contributed by atoms with van der Waals surface area (Å²) in [6, 6.07) is 55.4. The molecule has 0 amide bonds. The molecule has 212 valence electrons. The van der Waals surface area contributed by atoms with Gasteiger partial charge in [0, 0.05) is 5.56 Å². The number of fused-ring (bicyclic) bond motifs is 4. The first-order valence-electron chi connectivity index (χ1n) is 15.6. The van der Waals surface area contributed by atoms with Crippen molar-refractivity contribution in [3.05, 3.63) is 157 Å². The molecule has 0 atom stereocenters. The SMILES string of the molecule is c1ccc2cc(-c3c4ccccc4c(-c4ccc5ccccc5c4)c4cc(-c5ccc(C6=NCCO6)cc5)ccc34)ccc2c1. The van der Waals surface area contributed by atoms with Crippen LogP contribution >= 0.6 is 0 Å². The Balaban J connectivity index is 1.33. The van der Waals surface area contributed by atoms with E-state index in [2.05, 4.69) is 157 Å². The molecule has 8 aromatic rings. The van der Waals surface area contributed by atoms with Crippen LogP contribution in [0.5, 0.6) is 0 Å². The van der Waals surface area contributed by atoms with Gasteiger partial charge in [0.2, 0.25) is 5.90 Å². The molecular weight excluding hydrogens is 546 g/mol. The summed E-state index contributed by atoms with van der Waals surface area (Å²) < 4.78 is 5.71. The Bertz CT molecular complexity index is 2450. The molecule has 0 N–H and O–H groups in total. The zero-order valence-electron chi connectivity index (χ0n) is 24.7. The summed E-state index contributed by atoms with van der Waals surface area (Å²) in [5.41, 5.74) is 8.38. The van der Waals surface area contributed by atoms with Crippen molar-refractivity contribution in [3.63, 3.8) is 0 Å². The molecule has 0 radical (unpaired) electrons. The molecule has 2 nitrogen and oxygen atoms in total. The van der Waals surface area contributed by atoms with E-state index in [4.69, 9.17) is 4.74 Å². The van der Waals surface area contributed by atoms with E-state index in [1.54, 1.807) is 0 Å². The first kappa shape index (κ1) is 25.7. The van der Waals surface area contributed by atoms with E-state index in [1.807, 2.05) is 0 Å². The Labute approximate surface area is 261 Å². The summed E-state index contributed by atoms with van der Waals surface area (Å²) in [5, 5.41) is 10.0. The van der Waals surface area contributed by atoms with Crippen LogP contribution in [0, 0.1) is 0 Å². The lowest BCUT2D eigenvalue weighted by Crippen LogP contribution is -2.00. The maximum Gasteiger partial charge on any atom is 0.216 e. The number of hydrogen-bond acceptors (Lipinski definition) is 2. The van der Waals surface area contributed by atoms with Gasteiger partial charge in [0.15, 0.2) is 0 Å². The molecular formula is C43H29NO. The third kappa shape index (κ3) is 4.38. The maximum absolute atomic E-state index is 5.71. The van der Waals surface area contributed by atoms with Gasteiger partial charge >= 0.3 is 0 Å². The number of rotatable bonds is 4. The summed E-state index contributed by atoms with van der Waals surface area (Å²) in [4.78, 5) is 4.50. The van der Waals surface area contributed by atoms with E-state index in [1.165, 1.54) is 76.5 Å². The number of nitrogens with zero attached hydrogens (tertiary/aromatic N) is 1. The van der Waals surface area contributed by atoms with Crippen LogP contribution in [0.4, 0.5) is 0 Å². The van der Waals surface area contributed by atoms with Crippen LogP contribution in [0.1, 0.15) is 5.56 Å². The topological polar surface area (TPSA) is 21.6 Å². The van der Waals surface area contributed by atoms with E-state index in [9.17, 15) is 0 Å². The van der Waals surface area contributed by atoms with Gasteiger partial charge in [-0.3, -0.25) is 0 Å². The van der Waals surface area contributed by atoms with Crippen LogP contribution in [0.3, 0.4) is 0 Å². The van der Waals surface area contributed by atoms with Crippen molar-refractivity contribution in [2.24, 2.45) is 4.99 Å². The molecule has 1 heterocycles. The minimum absolute atomic E-state index is 0.660. The largest absolute Gasteiger partial charge is 0.476 e. The van der Waals surface area contributed by atoms with Crippen molar-refractivity contribution in [2.75, 3.05) is 13.2 Å². The zero-order chi connectivity index (χ0) is 29.7. The highest BCUT2D eigenvalue weighted by atomic mass is 16.5. The van der Waals surface area contributed by atoms with Crippen molar-refractivity contribution in [2.45, 2.75) is 0 Å². The summed E-state index contributed by atoms with van der Waals surface area (Å²) >= 11 is 0. The van der Waals surface area contributed by atoms with Crippen LogP contribution in [0.15, 0.2) is 157 Å². The zero-order valence-corrected chi connectivity index (χ0v) is 24.7. The third-order valence-corrected chi connectivity index (χ3v) is 9.15. The van der Waals surface area contributed by atoms with Crippen molar-refractivity contribution in [1.82, 2.24) is 0 Å². The van der Waals surface area contributed by atoms with Gasteiger partial charge in [-0.1, -0.05) is 121 Å². The monoisotopic (exact) mass is 575 g/mol. The summed E-state index contributed by atoms with van der Waals surface area (Å²) in [5.74, 6) is 0.741. The third-order valence-electron chi connectivity index (χ3n) is 9.15. The fourth-order valence-electron chi connectivity index (χ4n) is 6.98. The highest BCUT2D eigenvalue weighted by Gasteiger charge is 2.18. The highest BCUT2D eigenvalue weighted by Crippen LogP contribution is 2.45. The smallest absolute Gasteiger partial charge is 0.216 e. The van der Waals surface area contributed by atoms with E-state index in [0.29, 0.717) is 6.61 Å². The molecule has 45 heavy (non-hydrogen) atoms. The van der Waals surface area contributed by atoms with Gasteiger partial charge in [0.05, 0.1) is 6.54 Å². The Morgan fingerprint density at radius 3 is 1.47 bits per heavy atom. The average Bonchev–Trinajstić information content (AvgIpc) is 3.65. The fourth-order valence-corrected chi connectivity index (χ4v) is 6.98. The molecule has 0 spiro atoms. The number of hydrogen-bond donors (Lipinski definition) is 0. The van der Waals surface area contributed by atoms with Crippen molar-refractivity contribution in [1.29, 1.82) is 0 Å². The number of ether oxygens (including phenoxy) is 1. The van der Waals surface area contributed by atoms with Crippen LogP contribution in [0.25, 0.3) is 76.5 Å². The quantitative estimate of drug-likeness (QED) is 0.191. The van der Waals surface area contributed by atoms with Crippen LogP contribution in [-0.2, 0) is 4.74 Å². The van der Waals surface area contributed by atoms with Crippen molar-refractivity contribution >= 4 is 49.0 Å². The minimum Gasteiger partial charge on any atom is -0.476 e. The molecule has 9 rings (SSSR count). The Morgan fingerprint density at radius 1 is 0.378 bits per heavy atom. The molecule has 0 fully saturated rings. The van der Waals surface area contributed by atoms with Crippen LogP contribution < -0.4 is 0 Å². The van der Waals surface area contributed by atoms with Gasteiger partial charge < -0.3 is 4.74 Å². The van der Waals surface area contributed by atoms with Crippen LogP contribution in [0.2, 0.25) is 0 Å². The van der Waals surface area contributed by atoms with E-state index in [0.717, 1.165) is 18.0 Å². The summed E-state index contributed by atoms with van der Waals surface area (Å²) in [6.45, 7) is 1.39. The van der Waals surface area contributed by atoms with Gasteiger partial charge in [-0.25, -0.2) is 4.99 Å². The summed E-state index contributed by atoms with van der Waals surface area (Å²) in [6.07, 6.45) is 0. The van der Waals surface area contributed by atoms with Crippen LogP contribution in [-0.4, -0.2) is 19.0 Å². The second-order valence-corrected chi connectivity index (χ2v) is 11.8. The predicted octanol–water partition coefficient (Wildman–Crippen LogP) is 11.1. The van der Waals surface area contributed by atoms with E-state index in [-0.39, 0.29) is 0 Å². The normalized spacial score (nSPS) is 13.0.